The Morgan fingerprint density at radius 1 is 0.943 bits per heavy atom. The summed E-state index contributed by atoms with van der Waals surface area (Å²) in [7, 11) is 0. The Balaban J connectivity index is 1.48. The number of nitrogens with zero attached hydrogens (tertiary/aromatic N) is 1. The molecule has 8 heteroatoms. The number of furan rings is 1. The van der Waals surface area contributed by atoms with Crippen LogP contribution in [-0.4, -0.2) is 10.8 Å². The molecule has 0 spiro atoms. The van der Waals surface area contributed by atoms with Crippen molar-refractivity contribution in [3.63, 3.8) is 0 Å². The van der Waals surface area contributed by atoms with Gasteiger partial charge in [-0.15, -0.1) is 0 Å². The van der Waals surface area contributed by atoms with Gasteiger partial charge in [0.05, 0.1) is 16.7 Å². The van der Waals surface area contributed by atoms with Gasteiger partial charge >= 0.3 is 0 Å². The third-order valence-electron chi connectivity index (χ3n) is 5.33. The zero-order valence-corrected chi connectivity index (χ0v) is 19.5. The standard InChI is InChI=1S/C27H24N2O6/c1-17-7-4-5-10-24(17)35-23-14-20(13-21(15-23)29(31)32)28-27(30)25-12-11-22(34-25)16-33-26-18(2)8-6-9-19(26)3/h4-15H,16H2,1-3H3,(H,28,30). The van der Waals surface area contributed by atoms with Crippen LogP contribution >= 0.6 is 0 Å². The molecule has 0 saturated carbocycles. The highest BCUT2D eigenvalue weighted by Gasteiger charge is 2.17. The van der Waals surface area contributed by atoms with E-state index in [1.54, 1.807) is 18.2 Å². The third kappa shape index (κ3) is 5.67. The van der Waals surface area contributed by atoms with E-state index in [1.807, 2.05) is 51.1 Å². The predicted octanol–water partition coefficient (Wildman–Crippen LogP) is 6.74. The van der Waals surface area contributed by atoms with Crippen molar-refractivity contribution in [2.45, 2.75) is 27.4 Å². The topological polar surface area (TPSA) is 104 Å². The summed E-state index contributed by atoms with van der Waals surface area (Å²) in [5.74, 6) is 1.53. The normalized spacial score (nSPS) is 10.6. The van der Waals surface area contributed by atoms with Crippen molar-refractivity contribution in [1.82, 2.24) is 0 Å². The molecule has 1 amide bonds. The van der Waals surface area contributed by atoms with Gasteiger partial charge in [-0.1, -0.05) is 36.4 Å². The van der Waals surface area contributed by atoms with Gasteiger partial charge in [0.1, 0.15) is 29.6 Å². The van der Waals surface area contributed by atoms with Crippen LogP contribution in [0.25, 0.3) is 0 Å². The lowest BCUT2D eigenvalue weighted by atomic mass is 10.1. The van der Waals surface area contributed by atoms with E-state index >= 15 is 0 Å². The lowest BCUT2D eigenvalue weighted by molar-refractivity contribution is -0.384. The van der Waals surface area contributed by atoms with Crippen molar-refractivity contribution in [2.24, 2.45) is 0 Å². The summed E-state index contributed by atoms with van der Waals surface area (Å²) in [5.41, 5.74) is 2.87. The molecule has 0 aliphatic heterocycles. The SMILES string of the molecule is Cc1ccccc1Oc1cc(NC(=O)c2ccc(COc3c(C)cccc3C)o2)cc([N+](=O)[O-])c1. The van der Waals surface area contributed by atoms with Gasteiger partial charge in [0.2, 0.25) is 0 Å². The van der Waals surface area contributed by atoms with Crippen molar-refractivity contribution in [3.05, 3.63) is 111 Å². The molecule has 0 saturated heterocycles. The van der Waals surface area contributed by atoms with Crippen LogP contribution < -0.4 is 14.8 Å². The Labute approximate surface area is 202 Å². The second-order valence-corrected chi connectivity index (χ2v) is 8.07. The fourth-order valence-electron chi connectivity index (χ4n) is 3.56. The van der Waals surface area contributed by atoms with E-state index in [-0.39, 0.29) is 29.5 Å². The maximum Gasteiger partial charge on any atom is 0.291 e. The number of aryl methyl sites for hydroxylation is 3. The Hall–Kier alpha value is -4.59. The van der Waals surface area contributed by atoms with Crippen LogP contribution in [0.3, 0.4) is 0 Å². The summed E-state index contributed by atoms with van der Waals surface area (Å²) in [6, 6.07) is 20.4. The summed E-state index contributed by atoms with van der Waals surface area (Å²) in [6.07, 6.45) is 0. The Morgan fingerprint density at radius 2 is 1.66 bits per heavy atom. The fraction of sp³-hybridized carbons (Fsp3) is 0.148. The van der Waals surface area contributed by atoms with Gasteiger partial charge in [-0.05, 0) is 55.7 Å². The molecule has 1 aromatic heterocycles. The molecule has 0 fully saturated rings. The van der Waals surface area contributed by atoms with Gasteiger partial charge in [0.25, 0.3) is 11.6 Å². The molecule has 0 aliphatic rings. The number of rotatable bonds is 8. The van der Waals surface area contributed by atoms with Crippen molar-refractivity contribution in [3.8, 4) is 17.2 Å². The number of para-hydroxylation sites is 2. The number of non-ortho nitro benzene ring substituents is 1. The van der Waals surface area contributed by atoms with Crippen LogP contribution in [0, 0.1) is 30.9 Å². The smallest absolute Gasteiger partial charge is 0.291 e. The summed E-state index contributed by atoms with van der Waals surface area (Å²) < 4.78 is 17.3. The first-order valence-electron chi connectivity index (χ1n) is 10.9. The van der Waals surface area contributed by atoms with Crippen molar-refractivity contribution in [1.29, 1.82) is 0 Å². The number of nitrogens with one attached hydrogen (secondary N) is 1. The van der Waals surface area contributed by atoms with Crippen molar-refractivity contribution >= 4 is 17.3 Å². The largest absolute Gasteiger partial charge is 0.485 e. The van der Waals surface area contributed by atoms with E-state index in [2.05, 4.69) is 5.32 Å². The van der Waals surface area contributed by atoms with Gasteiger partial charge < -0.3 is 19.2 Å². The van der Waals surface area contributed by atoms with Gasteiger partial charge in [-0.25, -0.2) is 0 Å². The van der Waals surface area contributed by atoms with E-state index in [9.17, 15) is 14.9 Å². The highest BCUT2D eigenvalue weighted by molar-refractivity contribution is 6.02. The third-order valence-corrected chi connectivity index (χ3v) is 5.33. The first kappa shape index (κ1) is 23.6. The van der Waals surface area contributed by atoms with Gasteiger partial charge in [0, 0.05) is 12.1 Å². The summed E-state index contributed by atoms with van der Waals surface area (Å²) in [4.78, 5) is 23.6. The van der Waals surface area contributed by atoms with Crippen LogP contribution in [0.4, 0.5) is 11.4 Å². The fourth-order valence-corrected chi connectivity index (χ4v) is 3.56. The Kier molecular flexibility index (Phi) is 6.82. The molecule has 4 rings (SSSR count). The molecule has 1 heterocycles. The molecule has 8 nitrogen and oxygen atoms in total. The highest BCUT2D eigenvalue weighted by Crippen LogP contribution is 2.31. The maximum atomic E-state index is 12.8. The zero-order chi connectivity index (χ0) is 24.9. The van der Waals surface area contributed by atoms with Crippen molar-refractivity contribution < 1.29 is 23.6 Å². The number of hydrogen-bond donors (Lipinski definition) is 1. The van der Waals surface area contributed by atoms with Crippen LogP contribution in [0.15, 0.2) is 77.2 Å². The van der Waals surface area contributed by atoms with E-state index in [0.29, 0.717) is 11.5 Å². The number of benzene rings is 3. The predicted molar refractivity (Wildman–Crippen MR) is 131 cm³/mol. The quantitative estimate of drug-likeness (QED) is 0.225. The molecule has 1 N–H and O–H groups in total. The number of anilines is 1. The second kappa shape index (κ2) is 10.1. The molecule has 0 radical (unpaired) electrons. The zero-order valence-electron chi connectivity index (χ0n) is 19.5. The van der Waals surface area contributed by atoms with Crippen molar-refractivity contribution in [2.75, 3.05) is 5.32 Å². The lowest BCUT2D eigenvalue weighted by Gasteiger charge is -2.11. The molecule has 0 unspecified atom stereocenters. The van der Waals surface area contributed by atoms with Gasteiger partial charge in [-0.2, -0.15) is 0 Å². The molecule has 3 aromatic carbocycles. The first-order chi connectivity index (χ1) is 16.8. The van der Waals surface area contributed by atoms with E-state index < -0.39 is 10.8 Å². The first-order valence-corrected chi connectivity index (χ1v) is 10.9. The van der Waals surface area contributed by atoms with Crippen LogP contribution in [0.5, 0.6) is 17.2 Å². The van der Waals surface area contributed by atoms with Gasteiger partial charge in [0.15, 0.2) is 5.76 Å². The molecular formula is C27H24N2O6. The van der Waals surface area contributed by atoms with E-state index in [1.165, 1.54) is 24.3 Å². The number of nitro benzene ring substituents is 1. The minimum absolute atomic E-state index is 0.0537. The second-order valence-electron chi connectivity index (χ2n) is 8.07. The van der Waals surface area contributed by atoms with E-state index in [4.69, 9.17) is 13.9 Å². The monoisotopic (exact) mass is 472 g/mol. The van der Waals surface area contributed by atoms with Crippen LogP contribution in [-0.2, 0) is 6.61 Å². The van der Waals surface area contributed by atoms with Crippen LogP contribution in [0.1, 0.15) is 33.0 Å². The summed E-state index contributed by atoms with van der Waals surface area (Å²) >= 11 is 0. The molecule has 35 heavy (non-hydrogen) atoms. The van der Waals surface area contributed by atoms with Crippen LogP contribution in [0.2, 0.25) is 0 Å². The molecule has 4 aromatic rings. The molecule has 178 valence electrons. The minimum Gasteiger partial charge on any atom is -0.485 e. The average molecular weight is 472 g/mol. The average Bonchev–Trinajstić information content (AvgIpc) is 3.29. The highest BCUT2D eigenvalue weighted by atomic mass is 16.6. The maximum absolute atomic E-state index is 12.8. The Bertz CT molecular complexity index is 1370. The van der Waals surface area contributed by atoms with Gasteiger partial charge in [-0.3, -0.25) is 14.9 Å². The number of hydrogen-bond acceptors (Lipinski definition) is 6. The number of nitro groups is 1. The minimum atomic E-state index is -0.550. The number of amides is 1. The van der Waals surface area contributed by atoms with E-state index in [0.717, 1.165) is 22.4 Å². The molecular weight excluding hydrogens is 448 g/mol. The summed E-state index contributed by atoms with van der Waals surface area (Å²) in [6.45, 7) is 5.94. The molecule has 0 atom stereocenters. The number of carbonyl (C=O) groups excluding carboxylic acids is 1. The Morgan fingerprint density at radius 3 is 2.37 bits per heavy atom. The molecule has 0 bridgehead atoms. The number of carbonyl (C=O) groups is 1. The lowest BCUT2D eigenvalue weighted by Crippen LogP contribution is -2.11. The number of ether oxygens (including phenoxy) is 2. The summed E-state index contributed by atoms with van der Waals surface area (Å²) in [5, 5.41) is 14.1. The molecule has 0 aliphatic carbocycles.